The highest BCUT2D eigenvalue weighted by Gasteiger charge is 2.06. The Kier molecular flexibility index (Phi) is 7.30. The van der Waals surface area contributed by atoms with E-state index in [4.69, 9.17) is 14.6 Å². The van der Waals surface area contributed by atoms with Crippen molar-refractivity contribution in [2.24, 2.45) is 0 Å². The average molecular weight is 267 g/mol. The molecule has 1 aromatic carbocycles. The third-order valence-electron chi connectivity index (χ3n) is 3.20. The van der Waals surface area contributed by atoms with Gasteiger partial charge in [0.2, 0.25) is 0 Å². The summed E-state index contributed by atoms with van der Waals surface area (Å²) in [7, 11) is 5.47. The first-order valence-electron chi connectivity index (χ1n) is 6.71. The maximum absolute atomic E-state index is 8.76. The standard InChI is InChI=1S/C15H25NO3/c1-16(9-4-5-11-17)10-8-13-12-14(18-2)6-7-15(13)19-3/h6-7,12,17H,4-5,8-11H2,1-3H3. The van der Waals surface area contributed by atoms with Crippen LogP contribution in [0.15, 0.2) is 18.2 Å². The summed E-state index contributed by atoms with van der Waals surface area (Å²) < 4.78 is 10.6. The Bertz CT molecular complexity index is 368. The van der Waals surface area contributed by atoms with Crippen molar-refractivity contribution in [3.8, 4) is 11.5 Å². The summed E-state index contributed by atoms with van der Waals surface area (Å²) in [6, 6.07) is 5.88. The molecule has 19 heavy (non-hydrogen) atoms. The molecular formula is C15H25NO3. The minimum atomic E-state index is 0.275. The summed E-state index contributed by atoms with van der Waals surface area (Å²) in [5.41, 5.74) is 1.16. The SMILES string of the molecule is COc1ccc(OC)c(CCN(C)CCCCO)c1. The molecular weight excluding hydrogens is 242 g/mol. The third kappa shape index (κ3) is 5.49. The van der Waals surface area contributed by atoms with Gasteiger partial charge in [-0.25, -0.2) is 0 Å². The van der Waals surface area contributed by atoms with E-state index in [1.54, 1.807) is 14.2 Å². The molecule has 1 rings (SSSR count). The van der Waals surface area contributed by atoms with Crippen LogP contribution in [0, 0.1) is 0 Å². The van der Waals surface area contributed by atoms with Gasteiger partial charge in [-0.05, 0) is 56.6 Å². The molecule has 0 radical (unpaired) electrons. The molecule has 0 amide bonds. The summed E-state index contributed by atoms with van der Waals surface area (Å²) >= 11 is 0. The lowest BCUT2D eigenvalue weighted by Crippen LogP contribution is -2.22. The zero-order valence-corrected chi connectivity index (χ0v) is 12.2. The van der Waals surface area contributed by atoms with Crippen LogP contribution >= 0.6 is 0 Å². The van der Waals surface area contributed by atoms with E-state index in [-0.39, 0.29) is 6.61 Å². The van der Waals surface area contributed by atoms with E-state index < -0.39 is 0 Å². The van der Waals surface area contributed by atoms with Gasteiger partial charge in [-0.15, -0.1) is 0 Å². The van der Waals surface area contributed by atoms with Crippen LogP contribution in [0.2, 0.25) is 0 Å². The van der Waals surface area contributed by atoms with E-state index in [0.717, 1.165) is 49.4 Å². The first kappa shape index (κ1) is 15.8. The van der Waals surface area contributed by atoms with Crippen molar-refractivity contribution in [3.05, 3.63) is 23.8 Å². The molecule has 0 aliphatic heterocycles. The van der Waals surface area contributed by atoms with Gasteiger partial charge >= 0.3 is 0 Å². The fourth-order valence-electron chi connectivity index (χ4n) is 1.99. The molecule has 0 bridgehead atoms. The number of hydrogen-bond donors (Lipinski definition) is 1. The van der Waals surface area contributed by atoms with Gasteiger partial charge < -0.3 is 19.5 Å². The Labute approximate surface area is 115 Å². The van der Waals surface area contributed by atoms with Crippen LogP contribution in [0.25, 0.3) is 0 Å². The van der Waals surface area contributed by atoms with Crippen LogP contribution in [0.5, 0.6) is 11.5 Å². The van der Waals surface area contributed by atoms with Crippen molar-refractivity contribution in [3.63, 3.8) is 0 Å². The quantitative estimate of drug-likeness (QED) is 0.694. The molecule has 4 heteroatoms. The Morgan fingerprint density at radius 1 is 1.11 bits per heavy atom. The van der Waals surface area contributed by atoms with E-state index in [1.807, 2.05) is 18.2 Å². The van der Waals surface area contributed by atoms with Gasteiger partial charge in [0.15, 0.2) is 0 Å². The monoisotopic (exact) mass is 267 g/mol. The van der Waals surface area contributed by atoms with Gasteiger partial charge in [0.05, 0.1) is 14.2 Å². The molecule has 0 saturated heterocycles. The number of hydrogen-bond acceptors (Lipinski definition) is 4. The van der Waals surface area contributed by atoms with Crippen molar-refractivity contribution in [1.29, 1.82) is 0 Å². The van der Waals surface area contributed by atoms with Crippen molar-refractivity contribution in [2.45, 2.75) is 19.3 Å². The molecule has 0 aliphatic rings. The highest BCUT2D eigenvalue weighted by molar-refractivity contribution is 5.40. The number of nitrogens with zero attached hydrogens (tertiary/aromatic N) is 1. The maximum atomic E-state index is 8.76. The summed E-state index contributed by atoms with van der Waals surface area (Å²) in [4.78, 5) is 2.27. The third-order valence-corrected chi connectivity index (χ3v) is 3.20. The van der Waals surface area contributed by atoms with Crippen LogP contribution < -0.4 is 9.47 Å². The number of methoxy groups -OCH3 is 2. The molecule has 0 unspecified atom stereocenters. The van der Waals surface area contributed by atoms with Crippen LogP contribution in [0.4, 0.5) is 0 Å². The lowest BCUT2D eigenvalue weighted by molar-refractivity contribution is 0.264. The molecule has 0 aromatic heterocycles. The lowest BCUT2D eigenvalue weighted by Gasteiger charge is -2.17. The number of aliphatic hydroxyl groups excluding tert-OH is 1. The second-order valence-corrected chi connectivity index (χ2v) is 4.66. The summed E-state index contributed by atoms with van der Waals surface area (Å²) in [5.74, 6) is 1.77. The largest absolute Gasteiger partial charge is 0.497 e. The Morgan fingerprint density at radius 3 is 2.53 bits per heavy atom. The van der Waals surface area contributed by atoms with Gasteiger partial charge in [-0.1, -0.05) is 0 Å². The van der Waals surface area contributed by atoms with Gasteiger partial charge in [0.25, 0.3) is 0 Å². The molecule has 0 fully saturated rings. The van der Waals surface area contributed by atoms with Crippen LogP contribution in [-0.2, 0) is 6.42 Å². The Balaban J connectivity index is 2.51. The molecule has 0 spiro atoms. The van der Waals surface area contributed by atoms with Crippen molar-refractivity contribution in [1.82, 2.24) is 4.90 Å². The Morgan fingerprint density at radius 2 is 1.89 bits per heavy atom. The van der Waals surface area contributed by atoms with E-state index in [1.165, 1.54) is 0 Å². The first-order valence-corrected chi connectivity index (χ1v) is 6.71. The molecule has 0 heterocycles. The predicted octanol–water partition coefficient (Wildman–Crippen LogP) is 1.95. The minimum absolute atomic E-state index is 0.275. The summed E-state index contributed by atoms with van der Waals surface area (Å²) in [5, 5.41) is 8.76. The maximum Gasteiger partial charge on any atom is 0.122 e. The Hall–Kier alpha value is -1.26. The van der Waals surface area contributed by atoms with Gasteiger partial charge in [-0.3, -0.25) is 0 Å². The lowest BCUT2D eigenvalue weighted by atomic mass is 10.1. The summed E-state index contributed by atoms with van der Waals surface area (Å²) in [6.07, 6.45) is 2.82. The van der Waals surface area contributed by atoms with Crippen LogP contribution in [0.1, 0.15) is 18.4 Å². The highest BCUT2D eigenvalue weighted by atomic mass is 16.5. The molecule has 0 atom stereocenters. The highest BCUT2D eigenvalue weighted by Crippen LogP contribution is 2.24. The normalized spacial score (nSPS) is 10.8. The molecule has 0 saturated carbocycles. The van der Waals surface area contributed by atoms with Gasteiger partial charge in [0, 0.05) is 13.2 Å². The molecule has 1 N–H and O–H groups in total. The van der Waals surface area contributed by atoms with Crippen LogP contribution in [-0.4, -0.2) is 51.0 Å². The number of aliphatic hydroxyl groups is 1. The fourth-order valence-corrected chi connectivity index (χ4v) is 1.99. The molecule has 0 aliphatic carbocycles. The molecule has 4 nitrogen and oxygen atoms in total. The second kappa shape index (κ2) is 8.77. The average Bonchev–Trinajstić information content (AvgIpc) is 2.45. The second-order valence-electron chi connectivity index (χ2n) is 4.66. The van der Waals surface area contributed by atoms with E-state index >= 15 is 0 Å². The zero-order valence-electron chi connectivity index (χ0n) is 12.2. The minimum Gasteiger partial charge on any atom is -0.497 e. The van der Waals surface area contributed by atoms with Crippen molar-refractivity contribution in [2.75, 3.05) is 41.0 Å². The van der Waals surface area contributed by atoms with Crippen molar-refractivity contribution < 1.29 is 14.6 Å². The number of ether oxygens (including phenoxy) is 2. The van der Waals surface area contributed by atoms with Crippen LogP contribution in [0.3, 0.4) is 0 Å². The summed E-state index contributed by atoms with van der Waals surface area (Å²) in [6.45, 7) is 2.25. The number of rotatable bonds is 9. The topological polar surface area (TPSA) is 41.9 Å². The van der Waals surface area contributed by atoms with E-state index in [0.29, 0.717) is 0 Å². The number of unbranched alkanes of at least 4 members (excludes halogenated alkanes) is 1. The fraction of sp³-hybridized carbons (Fsp3) is 0.600. The molecule has 1 aromatic rings. The number of benzene rings is 1. The van der Waals surface area contributed by atoms with E-state index in [9.17, 15) is 0 Å². The van der Waals surface area contributed by atoms with E-state index in [2.05, 4.69) is 11.9 Å². The predicted molar refractivity (Wildman–Crippen MR) is 77.1 cm³/mol. The van der Waals surface area contributed by atoms with Gasteiger partial charge in [-0.2, -0.15) is 0 Å². The number of likely N-dealkylation sites (N-methyl/N-ethyl adjacent to an activating group) is 1. The first-order chi connectivity index (χ1) is 9.21. The zero-order chi connectivity index (χ0) is 14.1. The molecule has 108 valence electrons. The smallest absolute Gasteiger partial charge is 0.122 e. The van der Waals surface area contributed by atoms with Gasteiger partial charge in [0.1, 0.15) is 11.5 Å². The van der Waals surface area contributed by atoms with Crippen molar-refractivity contribution >= 4 is 0 Å².